The lowest BCUT2D eigenvalue weighted by atomic mass is 10.1. The molecule has 5 nitrogen and oxygen atoms in total. The van der Waals surface area contributed by atoms with Gasteiger partial charge in [-0.3, -0.25) is 0 Å². The third-order valence-corrected chi connectivity index (χ3v) is 2.81. The van der Waals surface area contributed by atoms with E-state index in [1.165, 1.54) is 10.6 Å². The maximum Gasteiger partial charge on any atom is 0.419 e. The minimum atomic E-state index is -0.991. The molecule has 0 aliphatic rings. The lowest BCUT2D eigenvalue weighted by Gasteiger charge is -2.20. The van der Waals surface area contributed by atoms with Crippen LogP contribution in [0.4, 0.5) is 4.79 Å². The van der Waals surface area contributed by atoms with E-state index in [1.54, 1.807) is 45.9 Å². The van der Waals surface area contributed by atoms with Crippen molar-refractivity contribution in [1.29, 1.82) is 0 Å². The highest BCUT2D eigenvalue weighted by Crippen LogP contribution is 2.22. The molecule has 2 aromatic rings. The number of aromatic carboxylic acids is 1. The molecule has 106 valence electrons. The Bertz CT molecular complexity index is 692. The molecule has 0 fully saturated rings. The zero-order valence-corrected chi connectivity index (χ0v) is 11.9. The van der Waals surface area contributed by atoms with Crippen molar-refractivity contribution in [2.24, 2.45) is 0 Å². The van der Waals surface area contributed by atoms with Crippen molar-refractivity contribution in [3.8, 4) is 0 Å². The van der Waals surface area contributed by atoms with E-state index < -0.39 is 17.7 Å². The number of aryl methyl sites for hydroxylation is 1. The van der Waals surface area contributed by atoms with Crippen LogP contribution in [0.2, 0.25) is 0 Å². The summed E-state index contributed by atoms with van der Waals surface area (Å²) in [6.07, 6.45) is -0.465. The van der Waals surface area contributed by atoms with Crippen molar-refractivity contribution >= 4 is 23.0 Å². The first kappa shape index (κ1) is 14.1. The van der Waals surface area contributed by atoms with Gasteiger partial charge < -0.3 is 9.84 Å². The van der Waals surface area contributed by atoms with E-state index in [-0.39, 0.29) is 5.56 Å². The highest BCUT2D eigenvalue weighted by Gasteiger charge is 2.21. The van der Waals surface area contributed by atoms with Gasteiger partial charge in [0.2, 0.25) is 0 Å². The van der Waals surface area contributed by atoms with Crippen LogP contribution in [0.25, 0.3) is 10.9 Å². The zero-order valence-electron chi connectivity index (χ0n) is 11.9. The van der Waals surface area contributed by atoms with Crippen LogP contribution in [0.15, 0.2) is 24.3 Å². The Morgan fingerprint density at radius 2 is 1.85 bits per heavy atom. The van der Waals surface area contributed by atoms with Gasteiger partial charge in [-0.2, -0.15) is 0 Å². The largest absolute Gasteiger partial charge is 0.478 e. The van der Waals surface area contributed by atoms with Gasteiger partial charge in [0.05, 0.1) is 11.1 Å². The summed E-state index contributed by atoms with van der Waals surface area (Å²) in [5.74, 6) is -0.991. The predicted octanol–water partition coefficient (Wildman–Crippen LogP) is 3.43. The molecule has 0 aliphatic heterocycles. The van der Waals surface area contributed by atoms with Crippen molar-refractivity contribution < 1.29 is 19.4 Å². The van der Waals surface area contributed by atoms with Gasteiger partial charge in [-0.05, 0) is 52.0 Å². The molecule has 1 N–H and O–H groups in total. The van der Waals surface area contributed by atoms with E-state index in [4.69, 9.17) is 9.84 Å². The molecule has 5 heteroatoms. The number of fused-ring (bicyclic) bond motifs is 1. The first-order chi connectivity index (χ1) is 9.19. The molecular weight excluding hydrogens is 258 g/mol. The van der Waals surface area contributed by atoms with Gasteiger partial charge in [0.15, 0.2) is 0 Å². The number of aromatic nitrogens is 1. The van der Waals surface area contributed by atoms with Crippen LogP contribution in [0.3, 0.4) is 0 Å². The minimum Gasteiger partial charge on any atom is -0.478 e. The maximum absolute atomic E-state index is 12.2. The molecule has 0 spiro atoms. The van der Waals surface area contributed by atoms with Crippen molar-refractivity contribution in [1.82, 2.24) is 4.57 Å². The van der Waals surface area contributed by atoms with Gasteiger partial charge in [0.1, 0.15) is 5.60 Å². The summed E-state index contributed by atoms with van der Waals surface area (Å²) in [6.45, 7) is 7.18. The number of carbonyl (C=O) groups is 2. The fraction of sp³-hybridized carbons (Fsp3) is 0.333. The SMILES string of the molecule is Cc1cc2cc(C(=O)O)ccc2n1C(=O)OC(C)(C)C. The van der Waals surface area contributed by atoms with Crippen LogP contribution in [-0.4, -0.2) is 27.3 Å². The molecule has 0 bridgehead atoms. The number of hydrogen-bond donors (Lipinski definition) is 1. The lowest BCUT2D eigenvalue weighted by molar-refractivity contribution is 0.0541. The molecule has 1 aromatic carbocycles. The molecule has 1 heterocycles. The number of hydrogen-bond acceptors (Lipinski definition) is 3. The second kappa shape index (κ2) is 4.67. The quantitative estimate of drug-likeness (QED) is 0.865. The summed E-state index contributed by atoms with van der Waals surface area (Å²) in [4.78, 5) is 23.2. The van der Waals surface area contributed by atoms with E-state index in [0.717, 1.165) is 0 Å². The molecule has 0 saturated heterocycles. The Morgan fingerprint density at radius 3 is 2.40 bits per heavy atom. The van der Waals surface area contributed by atoms with Crippen LogP contribution in [0.1, 0.15) is 36.8 Å². The molecule has 20 heavy (non-hydrogen) atoms. The number of carbonyl (C=O) groups excluding carboxylic acids is 1. The fourth-order valence-electron chi connectivity index (χ4n) is 2.04. The summed E-state index contributed by atoms with van der Waals surface area (Å²) in [7, 11) is 0. The molecule has 0 unspecified atom stereocenters. The van der Waals surface area contributed by atoms with Crippen LogP contribution < -0.4 is 0 Å². The van der Waals surface area contributed by atoms with E-state index in [9.17, 15) is 9.59 Å². The molecule has 0 aliphatic carbocycles. The average molecular weight is 275 g/mol. The summed E-state index contributed by atoms with van der Waals surface area (Å²) >= 11 is 0. The maximum atomic E-state index is 12.2. The molecule has 0 radical (unpaired) electrons. The van der Waals surface area contributed by atoms with Crippen molar-refractivity contribution in [3.63, 3.8) is 0 Å². The summed E-state index contributed by atoms with van der Waals surface area (Å²) in [5.41, 5.74) is 0.957. The first-order valence-corrected chi connectivity index (χ1v) is 6.28. The molecular formula is C15H17NO4. The van der Waals surface area contributed by atoms with Gasteiger partial charge >= 0.3 is 12.1 Å². The molecule has 2 rings (SSSR count). The molecule has 0 amide bonds. The third-order valence-electron chi connectivity index (χ3n) is 2.81. The Balaban J connectivity index is 2.52. The lowest BCUT2D eigenvalue weighted by Crippen LogP contribution is -2.27. The first-order valence-electron chi connectivity index (χ1n) is 6.28. The topological polar surface area (TPSA) is 68.5 Å². The number of benzene rings is 1. The second-order valence-electron chi connectivity index (χ2n) is 5.68. The van der Waals surface area contributed by atoms with Crippen LogP contribution in [-0.2, 0) is 4.74 Å². The van der Waals surface area contributed by atoms with Crippen LogP contribution >= 0.6 is 0 Å². The summed E-state index contributed by atoms with van der Waals surface area (Å²) < 4.78 is 6.81. The van der Waals surface area contributed by atoms with E-state index in [1.807, 2.05) is 0 Å². The Labute approximate surface area is 116 Å². The smallest absolute Gasteiger partial charge is 0.419 e. The third kappa shape index (κ3) is 2.66. The number of carboxylic acid groups (broad SMARTS) is 1. The van der Waals surface area contributed by atoms with Gasteiger partial charge in [0, 0.05) is 11.1 Å². The van der Waals surface area contributed by atoms with Crippen LogP contribution in [0.5, 0.6) is 0 Å². The monoisotopic (exact) mass is 275 g/mol. The van der Waals surface area contributed by atoms with E-state index >= 15 is 0 Å². The van der Waals surface area contributed by atoms with Crippen molar-refractivity contribution in [2.75, 3.05) is 0 Å². The van der Waals surface area contributed by atoms with Gasteiger partial charge in [0.25, 0.3) is 0 Å². The summed E-state index contributed by atoms with van der Waals surface area (Å²) in [6, 6.07) is 6.41. The van der Waals surface area contributed by atoms with Gasteiger partial charge in [-0.25, -0.2) is 14.2 Å². The number of carboxylic acids is 1. The number of ether oxygens (including phenoxy) is 1. The minimum absolute atomic E-state index is 0.193. The van der Waals surface area contributed by atoms with Crippen molar-refractivity contribution in [2.45, 2.75) is 33.3 Å². The predicted molar refractivity (Wildman–Crippen MR) is 75.3 cm³/mol. The second-order valence-corrected chi connectivity index (χ2v) is 5.68. The van der Waals surface area contributed by atoms with Gasteiger partial charge in [-0.15, -0.1) is 0 Å². The molecule has 0 saturated carbocycles. The highest BCUT2D eigenvalue weighted by molar-refractivity contribution is 5.97. The Kier molecular flexibility index (Phi) is 3.29. The Hall–Kier alpha value is -2.30. The summed E-state index contributed by atoms with van der Waals surface area (Å²) in [5, 5.41) is 9.69. The number of rotatable bonds is 1. The normalized spacial score (nSPS) is 11.6. The Morgan fingerprint density at radius 1 is 1.20 bits per heavy atom. The fourth-order valence-corrected chi connectivity index (χ4v) is 2.04. The highest BCUT2D eigenvalue weighted by atomic mass is 16.6. The van der Waals surface area contributed by atoms with Gasteiger partial charge in [-0.1, -0.05) is 0 Å². The average Bonchev–Trinajstić information content (AvgIpc) is 2.61. The number of nitrogens with zero attached hydrogens (tertiary/aromatic N) is 1. The zero-order chi connectivity index (χ0) is 15.1. The molecule has 1 aromatic heterocycles. The standard InChI is InChI=1S/C15H17NO4/c1-9-7-11-8-10(13(17)18)5-6-12(11)16(9)14(19)20-15(2,3)4/h5-8H,1-4H3,(H,17,18). The van der Waals surface area contributed by atoms with E-state index in [0.29, 0.717) is 16.6 Å². The van der Waals surface area contributed by atoms with Crippen molar-refractivity contribution in [3.05, 3.63) is 35.5 Å². The van der Waals surface area contributed by atoms with E-state index in [2.05, 4.69) is 0 Å². The molecule has 0 atom stereocenters. The van der Waals surface area contributed by atoms with Crippen LogP contribution in [0, 0.1) is 6.92 Å².